The maximum atomic E-state index is 13.3. The third kappa shape index (κ3) is 4.78. The highest BCUT2D eigenvalue weighted by atomic mass is 32.2. The lowest BCUT2D eigenvalue weighted by Crippen LogP contribution is -2.70. The van der Waals surface area contributed by atoms with Gasteiger partial charge in [0, 0.05) is 6.92 Å². The normalized spacial score (nSPS) is 21.4. The van der Waals surface area contributed by atoms with E-state index in [4.69, 9.17) is 9.47 Å². The van der Waals surface area contributed by atoms with Gasteiger partial charge in [-0.05, 0) is 17.2 Å². The van der Waals surface area contributed by atoms with Gasteiger partial charge >= 0.3 is 11.9 Å². The van der Waals surface area contributed by atoms with E-state index in [1.165, 1.54) is 23.6 Å². The average Bonchev–Trinajstić information content (AvgIpc) is 2.84. The van der Waals surface area contributed by atoms with E-state index >= 15 is 0 Å². The van der Waals surface area contributed by atoms with Crippen LogP contribution in [0.15, 0.2) is 72.4 Å². The molecule has 0 radical (unpaired) electrons. The molecule has 0 bridgehead atoms. The van der Waals surface area contributed by atoms with Crippen molar-refractivity contribution < 1.29 is 28.7 Å². The standard InChI is InChI=1S/C24H22N2O6S/c1-15(28)31-13-18-12-19(26-22(29)20(25-14-27)23(26)33-18)24(30)32-21(16-8-4-2-5-9-16)17-10-6-3-7-11-17/h2-12,14,18,20-21,23H,13H2,1H3,(H,25,27)/t18?,20-,23-/m1/s1. The molecular weight excluding hydrogens is 444 g/mol. The fourth-order valence-electron chi connectivity index (χ4n) is 3.77. The number of β-lactam (4-membered cyclic amide) rings is 1. The van der Waals surface area contributed by atoms with Crippen LogP contribution in [0.25, 0.3) is 0 Å². The third-order valence-electron chi connectivity index (χ3n) is 5.30. The summed E-state index contributed by atoms with van der Waals surface area (Å²) in [5.74, 6) is -1.52. The van der Waals surface area contributed by atoms with E-state index in [1.54, 1.807) is 6.08 Å². The Morgan fingerprint density at radius 1 is 1.09 bits per heavy atom. The van der Waals surface area contributed by atoms with Crippen molar-refractivity contribution in [3.8, 4) is 0 Å². The lowest BCUT2D eigenvalue weighted by Gasteiger charge is -2.49. The molecule has 8 nitrogen and oxygen atoms in total. The van der Waals surface area contributed by atoms with E-state index in [-0.39, 0.29) is 17.6 Å². The third-order valence-corrected chi connectivity index (χ3v) is 6.68. The van der Waals surface area contributed by atoms with Crippen LogP contribution in [0.4, 0.5) is 0 Å². The number of thioether (sulfide) groups is 1. The van der Waals surface area contributed by atoms with Crippen LogP contribution >= 0.6 is 11.8 Å². The van der Waals surface area contributed by atoms with Crippen LogP contribution in [0.1, 0.15) is 24.2 Å². The van der Waals surface area contributed by atoms with Gasteiger partial charge < -0.3 is 14.8 Å². The molecule has 0 aliphatic carbocycles. The molecule has 1 fully saturated rings. The second kappa shape index (κ2) is 9.91. The maximum absolute atomic E-state index is 13.3. The van der Waals surface area contributed by atoms with E-state index in [0.29, 0.717) is 6.41 Å². The first-order valence-electron chi connectivity index (χ1n) is 10.3. The fraction of sp³-hybridized carbons (Fsp3) is 0.250. The Kier molecular flexibility index (Phi) is 6.79. The summed E-state index contributed by atoms with van der Waals surface area (Å²) in [5.41, 5.74) is 1.64. The van der Waals surface area contributed by atoms with E-state index < -0.39 is 35.4 Å². The van der Waals surface area contributed by atoms with E-state index in [1.807, 2.05) is 60.7 Å². The molecule has 1 unspecified atom stereocenters. The summed E-state index contributed by atoms with van der Waals surface area (Å²) < 4.78 is 11.0. The molecule has 1 saturated heterocycles. The van der Waals surface area contributed by atoms with Crippen molar-refractivity contribution in [2.75, 3.05) is 6.61 Å². The molecule has 2 aliphatic rings. The van der Waals surface area contributed by atoms with Gasteiger partial charge in [-0.15, -0.1) is 11.8 Å². The molecule has 3 atom stereocenters. The highest BCUT2D eigenvalue weighted by molar-refractivity contribution is 8.00. The summed E-state index contributed by atoms with van der Waals surface area (Å²) in [6.07, 6.45) is 1.36. The smallest absolute Gasteiger partial charge is 0.355 e. The molecule has 0 saturated carbocycles. The van der Waals surface area contributed by atoms with Gasteiger partial charge in [-0.25, -0.2) is 4.79 Å². The van der Waals surface area contributed by atoms with Gasteiger partial charge in [0.25, 0.3) is 5.91 Å². The molecule has 2 aromatic carbocycles. The van der Waals surface area contributed by atoms with Crippen molar-refractivity contribution in [1.82, 2.24) is 10.2 Å². The second-order valence-electron chi connectivity index (χ2n) is 7.50. The predicted molar refractivity (Wildman–Crippen MR) is 121 cm³/mol. The van der Waals surface area contributed by atoms with Gasteiger partial charge in [0.15, 0.2) is 6.10 Å². The number of fused-ring (bicyclic) bond motifs is 1. The Bertz CT molecular complexity index is 1040. The van der Waals surface area contributed by atoms with Gasteiger partial charge in [-0.1, -0.05) is 60.7 Å². The summed E-state index contributed by atoms with van der Waals surface area (Å²) >= 11 is 1.33. The summed E-state index contributed by atoms with van der Waals surface area (Å²) in [5, 5.41) is 1.61. The minimum atomic E-state index is -0.761. The van der Waals surface area contributed by atoms with Crippen LogP contribution in [0.3, 0.4) is 0 Å². The quantitative estimate of drug-likeness (QED) is 0.361. The van der Waals surface area contributed by atoms with Crippen molar-refractivity contribution >= 4 is 36.0 Å². The van der Waals surface area contributed by atoms with Crippen LogP contribution < -0.4 is 5.32 Å². The average molecular weight is 467 g/mol. The summed E-state index contributed by atoms with van der Waals surface area (Å²) in [4.78, 5) is 49.5. The molecule has 2 aromatic rings. The van der Waals surface area contributed by atoms with Crippen LogP contribution in [0.2, 0.25) is 0 Å². The first-order chi connectivity index (χ1) is 16.0. The SMILES string of the molecule is CC(=O)OCC1C=C(C(=O)OC(c2ccccc2)c2ccccc2)N2C(=O)[C@@H](NC=O)[C@H]2S1. The maximum Gasteiger partial charge on any atom is 0.355 e. The molecule has 0 spiro atoms. The predicted octanol–water partition coefficient (Wildman–Crippen LogP) is 2.16. The molecule has 33 heavy (non-hydrogen) atoms. The minimum absolute atomic E-state index is 0.0317. The monoisotopic (exact) mass is 466 g/mol. The van der Waals surface area contributed by atoms with E-state index in [2.05, 4.69) is 5.32 Å². The van der Waals surface area contributed by atoms with Gasteiger partial charge in [0.1, 0.15) is 23.7 Å². The summed E-state index contributed by atoms with van der Waals surface area (Å²) in [6.45, 7) is 1.33. The van der Waals surface area contributed by atoms with Gasteiger partial charge in [0.05, 0.1) is 5.25 Å². The van der Waals surface area contributed by atoms with Crippen LogP contribution in [0, 0.1) is 0 Å². The van der Waals surface area contributed by atoms with Crippen molar-refractivity contribution in [2.45, 2.75) is 29.7 Å². The highest BCUT2D eigenvalue weighted by Crippen LogP contribution is 2.42. The minimum Gasteiger partial charge on any atom is -0.464 e. The Hall–Kier alpha value is -3.59. The van der Waals surface area contributed by atoms with Gasteiger partial charge in [-0.3, -0.25) is 19.3 Å². The van der Waals surface area contributed by atoms with E-state index in [0.717, 1.165) is 11.1 Å². The number of rotatable bonds is 8. The topological polar surface area (TPSA) is 102 Å². The number of carbonyl (C=O) groups excluding carboxylic acids is 4. The Balaban J connectivity index is 1.62. The first-order valence-corrected chi connectivity index (χ1v) is 11.3. The number of hydrogen-bond donors (Lipinski definition) is 1. The van der Waals surface area contributed by atoms with Gasteiger partial charge in [-0.2, -0.15) is 0 Å². The van der Waals surface area contributed by atoms with E-state index in [9.17, 15) is 19.2 Å². The first kappa shape index (κ1) is 22.6. The number of nitrogens with one attached hydrogen (secondary N) is 1. The molecule has 2 aliphatic heterocycles. The van der Waals surface area contributed by atoms with Crippen LogP contribution in [0.5, 0.6) is 0 Å². The van der Waals surface area contributed by atoms with Crippen molar-refractivity contribution in [3.63, 3.8) is 0 Å². The van der Waals surface area contributed by atoms with Crippen molar-refractivity contribution in [1.29, 1.82) is 0 Å². The Morgan fingerprint density at radius 2 is 1.70 bits per heavy atom. The van der Waals surface area contributed by atoms with Gasteiger partial charge in [0.2, 0.25) is 6.41 Å². The zero-order chi connectivity index (χ0) is 23.4. The molecule has 1 N–H and O–H groups in total. The zero-order valence-electron chi connectivity index (χ0n) is 17.7. The molecule has 9 heteroatoms. The number of esters is 2. The summed E-state index contributed by atoms with van der Waals surface area (Å²) in [6, 6.07) is 17.9. The Morgan fingerprint density at radius 3 is 2.24 bits per heavy atom. The second-order valence-corrected chi connectivity index (χ2v) is 8.86. The number of benzene rings is 2. The molecule has 170 valence electrons. The fourth-order valence-corrected chi connectivity index (χ4v) is 5.17. The molecule has 2 amide bonds. The molecule has 2 heterocycles. The van der Waals surface area contributed by atoms with Crippen molar-refractivity contribution in [2.24, 2.45) is 0 Å². The molecule has 0 aromatic heterocycles. The number of carbonyl (C=O) groups is 4. The van der Waals surface area contributed by atoms with Crippen molar-refractivity contribution in [3.05, 3.63) is 83.6 Å². The number of amides is 2. The highest BCUT2D eigenvalue weighted by Gasteiger charge is 2.54. The Labute approximate surface area is 194 Å². The van der Waals surface area contributed by atoms with Crippen LogP contribution in [-0.2, 0) is 28.7 Å². The lowest BCUT2D eigenvalue weighted by molar-refractivity contribution is -0.154. The van der Waals surface area contributed by atoms with Crippen LogP contribution in [-0.4, -0.2) is 52.4 Å². The summed E-state index contributed by atoms with van der Waals surface area (Å²) in [7, 11) is 0. The largest absolute Gasteiger partial charge is 0.464 e. The number of ether oxygens (including phenoxy) is 2. The number of hydrogen-bond acceptors (Lipinski definition) is 7. The molecule has 4 rings (SSSR count). The zero-order valence-corrected chi connectivity index (χ0v) is 18.6. The number of nitrogens with zero attached hydrogens (tertiary/aromatic N) is 1. The molecular formula is C24H22N2O6S. The lowest BCUT2D eigenvalue weighted by atomic mass is 10.0.